The molecule has 0 spiro atoms. The first kappa shape index (κ1) is 24.7. The van der Waals surface area contributed by atoms with Crippen molar-refractivity contribution >= 4 is 27.5 Å². The molecule has 3 heteroatoms. The van der Waals surface area contributed by atoms with Crippen molar-refractivity contribution in [3.05, 3.63) is 87.9 Å². The van der Waals surface area contributed by atoms with E-state index in [2.05, 4.69) is 77.6 Å². The minimum absolute atomic E-state index is 0.0570. The zero-order valence-electron chi connectivity index (χ0n) is 20.4. The normalized spacial score (nSPS) is 18.0. The lowest BCUT2D eigenvalue weighted by Crippen LogP contribution is -2.14. The van der Waals surface area contributed by atoms with E-state index in [1.807, 2.05) is 24.3 Å². The maximum absolute atomic E-state index is 12.8. The molecule has 2 nitrogen and oxygen atoms in total. The van der Waals surface area contributed by atoms with Gasteiger partial charge in [0.2, 0.25) is 0 Å². The van der Waals surface area contributed by atoms with E-state index >= 15 is 0 Å². The summed E-state index contributed by atoms with van der Waals surface area (Å²) >= 11 is 3.55. The number of carbonyl (C=O) groups is 1. The zero-order chi connectivity index (χ0) is 23.9. The number of unbranched alkanes of at least 4 members (excludes halogenated alkanes) is 2. The van der Waals surface area contributed by atoms with Crippen LogP contribution in [0.3, 0.4) is 0 Å². The second kappa shape index (κ2) is 11.8. The second-order valence-electron chi connectivity index (χ2n) is 9.83. The summed E-state index contributed by atoms with van der Waals surface area (Å²) in [5.74, 6) is 1.51. The molecule has 0 aliphatic heterocycles. The number of nitrogens with one attached hydrogen (secondary N) is 1. The van der Waals surface area contributed by atoms with E-state index in [0.717, 1.165) is 21.6 Å². The third-order valence-electron chi connectivity index (χ3n) is 7.34. The average molecular weight is 519 g/mol. The van der Waals surface area contributed by atoms with Crippen LogP contribution in [-0.2, 0) is 0 Å². The number of halogens is 1. The molecule has 3 aromatic rings. The van der Waals surface area contributed by atoms with E-state index in [0.29, 0.717) is 11.5 Å². The van der Waals surface area contributed by atoms with Crippen molar-refractivity contribution in [1.82, 2.24) is 0 Å². The monoisotopic (exact) mass is 517 g/mol. The SMILES string of the molecule is CCCCC[C@H]1CC[C@H](c2ccc(C(=O)Nc3ccc(-c4ccc(Br)c(C)c4)cc3)cc2)CC1. The van der Waals surface area contributed by atoms with Crippen LogP contribution in [0.5, 0.6) is 0 Å². The van der Waals surface area contributed by atoms with Gasteiger partial charge in [-0.25, -0.2) is 0 Å². The lowest BCUT2D eigenvalue weighted by molar-refractivity contribution is 0.102. The van der Waals surface area contributed by atoms with E-state index in [-0.39, 0.29) is 5.91 Å². The highest BCUT2D eigenvalue weighted by Gasteiger charge is 2.22. The minimum Gasteiger partial charge on any atom is -0.322 e. The molecule has 1 N–H and O–H groups in total. The average Bonchev–Trinajstić information content (AvgIpc) is 2.87. The molecule has 1 aliphatic rings. The molecule has 3 aromatic carbocycles. The molecule has 1 aliphatic carbocycles. The summed E-state index contributed by atoms with van der Waals surface area (Å²) in [7, 11) is 0. The quantitative estimate of drug-likeness (QED) is 0.296. The summed E-state index contributed by atoms with van der Waals surface area (Å²) in [5, 5.41) is 3.04. The molecular weight excluding hydrogens is 482 g/mol. The van der Waals surface area contributed by atoms with Crippen molar-refractivity contribution in [3.63, 3.8) is 0 Å². The summed E-state index contributed by atoms with van der Waals surface area (Å²) in [6.45, 7) is 4.37. The molecule has 0 atom stereocenters. The van der Waals surface area contributed by atoms with Crippen LogP contribution < -0.4 is 5.32 Å². The van der Waals surface area contributed by atoms with E-state index in [9.17, 15) is 4.79 Å². The fourth-order valence-corrected chi connectivity index (χ4v) is 5.39. The first-order chi connectivity index (χ1) is 16.5. The van der Waals surface area contributed by atoms with E-state index in [1.54, 1.807) is 0 Å². The van der Waals surface area contributed by atoms with Crippen LogP contribution in [0.2, 0.25) is 0 Å². The molecule has 0 aromatic heterocycles. The Balaban J connectivity index is 1.31. The molecule has 0 saturated heterocycles. The van der Waals surface area contributed by atoms with Crippen molar-refractivity contribution in [2.45, 2.75) is 71.1 Å². The summed E-state index contributed by atoms with van der Waals surface area (Å²) in [4.78, 5) is 12.8. The molecule has 178 valence electrons. The van der Waals surface area contributed by atoms with Gasteiger partial charge in [0.25, 0.3) is 5.91 Å². The predicted octanol–water partition coefficient (Wildman–Crippen LogP) is 9.53. The largest absolute Gasteiger partial charge is 0.322 e. The van der Waals surface area contributed by atoms with Crippen molar-refractivity contribution in [1.29, 1.82) is 0 Å². The van der Waals surface area contributed by atoms with Gasteiger partial charge in [-0.1, -0.05) is 84.9 Å². The standard InChI is InChI=1S/C31H36BrNO/c1-3-4-5-6-23-7-9-24(10-8-23)25-11-13-27(14-12-25)31(34)33-29-18-15-26(16-19-29)28-17-20-30(32)22(2)21-28/h11-21,23-24H,3-10H2,1-2H3,(H,33,34)/t23-,24-. The number of amides is 1. The lowest BCUT2D eigenvalue weighted by atomic mass is 9.77. The molecule has 0 radical (unpaired) electrons. The lowest BCUT2D eigenvalue weighted by Gasteiger charge is -2.29. The van der Waals surface area contributed by atoms with Crippen LogP contribution in [0, 0.1) is 12.8 Å². The minimum atomic E-state index is -0.0570. The van der Waals surface area contributed by atoms with Gasteiger partial charge in [-0.05, 0) is 97.0 Å². The topological polar surface area (TPSA) is 29.1 Å². The van der Waals surface area contributed by atoms with Crippen molar-refractivity contribution < 1.29 is 4.79 Å². The van der Waals surface area contributed by atoms with Crippen LogP contribution in [-0.4, -0.2) is 5.91 Å². The van der Waals surface area contributed by atoms with Gasteiger partial charge in [0.1, 0.15) is 0 Å². The Morgan fingerprint density at radius 1 is 0.882 bits per heavy atom. The Labute approximate surface area is 213 Å². The highest BCUT2D eigenvalue weighted by atomic mass is 79.9. The highest BCUT2D eigenvalue weighted by molar-refractivity contribution is 9.10. The number of aryl methyl sites for hydroxylation is 1. The summed E-state index contributed by atoms with van der Waals surface area (Å²) in [5.41, 5.74) is 6.43. The number of anilines is 1. The first-order valence-electron chi connectivity index (χ1n) is 12.8. The van der Waals surface area contributed by atoms with E-state index in [1.165, 1.54) is 68.1 Å². The third-order valence-corrected chi connectivity index (χ3v) is 8.23. The number of hydrogen-bond donors (Lipinski definition) is 1. The van der Waals surface area contributed by atoms with Crippen molar-refractivity contribution in [2.75, 3.05) is 5.32 Å². The second-order valence-corrected chi connectivity index (χ2v) is 10.7. The van der Waals surface area contributed by atoms with Gasteiger partial charge in [-0.3, -0.25) is 4.79 Å². The van der Waals surface area contributed by atoms with Gasteiger partial charge in [0.05, 0.1) is 0 Å². The number of carbonyl (C=O) groups excluding carboxylic acids is 1. The maximum atomic E-state index is 12.8. The smallest absolute Gasteiger partial charge is 0.255 e. The molecule has 1 amide bonds. The van der Waals surface area contributed by atoms with Crippen molar-refractivity contribution in [2.24, 2.45) is 5.92 Å². The molecule has 0 bridgehead atoms. The fraction of sp³-hybridized carbons (Fsp3) is 0.387. The van der Waals surface area contributed by atoms with Gasteiger partial charge >= 0.3 is 0 Å². The van der Waals surface area contributed by atoms with Crippen LogP contribution in [0.15, 0.2) is 71.2 Å². The Morgan fingerprint density at radius 2 is 1.56 bits per heavy atom. The number of hydrogen-bond acceptors (Lipinski definition) is 1. The predicted molar refractivity (Wildman–Crippen MR) is 148 cm³/mol. The number of rotatable bonds is 8. The summed E-state index contributed by atoms with van der Waals surface area (Å²) in [6.07, 6.45) is 10.8. The summed E-state index contributed by atoms with van der Waals surface area (Å²) < 4.78 is 1.11. The Bertz CT molecular complexity index is 1080. The highest BCUT2D eigenvalue weighted by Crippen LogP contribution is 2.37. The first-order valence-corrected chi connectivity index (χ1v) is 13.6. The Hall–Kier alpha value is -2.39. The Morgan fingerprint density at radius 3 is 2.21 bits per heavy atom. The molecular formula is C31H36BrNO. The molecule has 1 saturated carbocycles. The van der Waals surface area contributed by atoms with Crippen LogP contribution in [0.4, 0.5) is 5.69 Å². The number of benzene rings is 3. The molecule has 0 heterocycles. The fourth-order valence-electron chi connectivity index (χ4n) is 5.15. The van der Waals surface area contributed by atoms with Crippen molar-refractivity contribution in [3.8, 4) is 11.1 Å². The van der Waals surface area contributed by atoms with Gasteiger partial charge in [-0.15, -0.1) is 0 Å². The van der Waals surface area contributed by atoms with E-state index < -0.39 is 0 Å². The van der Waals surface area contributed by atoms with Gasteiger partial charge in [0, 0.05) is 15.7 Å². The third kappa shape index (κ3) is 6.39. The molecule has 0 unspecified atom stereocenters. The Kier molecular flexibility index (Phi) is 8.61. The van der Waals surface area contributed by atoms with Gasteiger partial charge < -0.3 is 5.32 Å². The molecule has 4 rings (SSSR count). The van der Waals surface area contributed by atoms with Gasteiger partial charge in [-0.2, -0.15) is 0 Å². The van der Waals surface area contributed by atoms with Crippen LogP contribution >= 0.6 is 15.9 Å². The van der Waals surface area contributed by atoms with E-state index in [4.69, 9.17) is 0 Å². The molecule has 34 heavy (non-hydrogen) atoms. The maximum Gasteiger partial charge on any atom is 0.255 e. The molecule has 1 fully saturated rings. The summed E-state index contributed by atoms with van der Waals surface area (Å²) in [6, 6.07) is 22.7. The van der Waals surface area contributed by atoms with Crippen LogP contribution in [0.25, 0.3) is 11.1 Å². The zero-order valence-corrected chi connectivity index (χ0v) is 22.0. The van der Waals surface area contributed by atoms with Gasteiger partial charge in [0.15, 0.2) is 0 Å². The van der Waals surface area contributed by atoms with Crippen LogP contribution in [0.1, 0.15) is 85.7 Å².